The first kappa shape index (κ1) is 10.9. The molecular weight excluding hydrogens is 218 g/mol. The summed E-state index contributed by atoms with van der Waals surface area (Å²) in [6.07, 6.45) is 0. The van der Waals surface area contributed by atoms with Gasteiger partial charge < -0.3 is 9.46 Å². The number of hydrogen-bond donors (Lipinski definition) is 2. The Bertz CT molecular complexity index is 427. The van der Waals surface area contributed by atoms with Crippen molar-refractivity contribution in [2.24, 2.45) is 0 Å². The van der Waals surface area contributed by atoms with Gasteiger partial charge in [-0.25, -0.2) is 0 Å². The highest BCUT2D eigenvalue weighted by Crippen LogP contribution is 2.17. The van der Waals surface area contributed by atoms with Crippen LogP contribution in [0.5, 0.6) is 5.75 Å². The van der Waals surface area contributed by atoms with Crippen molar-refractivity contribution < 1.29 is 4.74 Å². The molecule has 0 saturated carbocycles. The molecule has 0 saturated heterocycles. The highest BCUT2D eigenvalue weighted by Gasteiger charge is 1.95. The van der Waals surface area contributed by atoms with Crippen molar-refractivity contribution in [1.29, 1.82) is 0 Å². The molecule has 2 nitrogen and oxygen atoms in total. The third-order valence-electron chi connectivity index (χ3n) is 2.23. The first-order valence-electron chi connectivity index (χ1n) is 5.05. The summed E-state index contributed by atoms with van der Waals surface area (Å²) in [4.78, 5) is 0. The van der Waals surface area contributed by atoms with E-state index >= 15 is 0 Å². The van der Waals surface area contributed by atoms with E-state index in [1.807, 2.05) is 54.6 Å². The van der Waals surface area contributed by atoms with Crippen LogP contribution in [0, 0.1) is 0 Å². The van der Waals surface area contributed by atoms with Crippen molar-refractivity contribution in [3.05, 3.63) is 60.2 Å². The summed E-state index contributed by atoms with van der Waals surface area (Å²) in [6, 6.07) is 17.8. The maximum absolute atomic E-state index is 5.64. The van der Waals surface area contributed by atoms with Crippen LogP contribution in [-0.2, 0) is 6.61 Å². The second-order valence-electron chi connectivity index (χ2n) is 3.41. The number of benzene rings is 2. The van der Waals surface area contributed by atoms with Crippen LogP contribution in [0.4, 0.5) is 5.69 Å². The fourth-order valence-electron chi connectivity index (χ4n) is 1.37. The topological polar surface area (TPSA) is 21.3 Å². The molecule has 82 valence electrons. The molecular formula is C13H13NOS. The molecule has 0 radical (unpaired) electrons. The monoisotopic (exact) mass is 231 g/mol. The molecule has 2 aromatic rings. The Kier molecular flexibility index (Phi) is 3.72. The minimum absolute atomic E-state index is 0.592. The van der Waals surface area contributed by atoms with E-state index in [0.717, 1.165) is 11.4 Å². The van der Waals surface area contributed by atoms with Crippen molar-refractivity contribution in [2.45, 2.75) is 6.61 Å². The number of rotatable bonds is 4. The largest absolute Gasteiger partial charge is 0.489 e. The van der Waals surface area contributed by atoms with Crippen molar-refractivity contribution in [3.63, 3.8) is 0 Å². The summed E-state index contributed by atoms with van der Waals surface area (Å²) in [5.74, 6) is 0.858. The molecule has 16 heavy (non-hydrogen) atoms. The zero-order valence-corrected chi connectivity index (χ0v) is 9.65. The van der Waals surface area contributed by atoms with Crippen molar-refractivity contribution in [3.8, 4) is 5.75 Å². The summed E-state index contributed by atoms with van der Waals surface area (Å²) in [5, 5.41) is 0. The van der Waals surface area contributed by atoms with E-state index in [1.54, 1.807) is 0 Å². The lowest BCUT2D eigenvalue weighted by Crippen LogP contribution is -1.94. The van der Waals surface area contributed by atoms with E-state index in [0.29, 0.717) is 6.61 Å². The molecule has 0 unspecified atom stereocenters. The van der Waals surface area contributed by atoms with Gasteiger partial charge in [-0.3, -0.25) is 0 Å². The van der Waals surface area contributed by atoms with Gasteiger partial charge in [0.05, 0.1) is 0 Å². The van der Waals surface area contributed by atoms with Gasteiger partial charge in [0.2, 0.25) is 0 Å². The Morgan fingerprint density at radius 3 is 2.25 bits per heavy atom. The highest BCUT2D eigenvalue weighted by molar-refractivity contribution is 7.81. The van der Waals surface area contributed by atoms with Crippen molar-refractivity contribution in [1.82, 2.24) is 0 Å². The molecule has 1 N–H and O–H groups in total. The zero-order chi connectivity index (χ0) is 11.2. The lowest BCUT2D eigenvalue weighted by atomic mass is 10.2. The third kappa shape index (κ3) is 2.94. The average molecular weight is 231 g/mol. The number of anilines is 1. The van der Waals surface area contributed by atoms with Crippen LogP contribution in [0.25, 0.3) is 0 Å². The van der Waals surface area contributed by atoms with Gasteiger partial charge in [0.1, 0.15) is 12.4 Å². The van der Waals surface area contributed by atoms with Gasteiger partial charge in [-0.05, 0) is 29.8 Å². The number of thiol groups is 1. The highest BCUT2D eigenvalue weighted by atomic mass is 32.1. The van der Waals surface area contributed by atoms with Crippen LogP contribution in [0.2, 0.25) is 0 Å². The first-order valence-corrected chi connectivity index (χ1v) is 5.50. The number of nitrogens with one attached hydrogen (secondary N) is 1. The predicted molar refractivity (Wildman–Crippen MR) is 69.8 cm³/mol. The standard InChI is InChI=1S/C13H13NOS/c16-14-12-6-8-13(9-7-12)15-10-11-4-2-1-3-5-11/h1-9,14,16H,10H2. The summed E-state index contributed by atoms with van der Waals surface area (Å²) >= 11 is 3.96. The second-order valence-corrected chi connectivity index (χ2v) is 3.63. The lowest BCUT2D eigenvalue weighted by Gasteiger charge is -2.06. The summed E-state index contributed by atoms with van der Waals surface area (Å²) in [5.41, 5.74) is 2.12. The third-order valence-corrected chi connectivity index (χ3v) is 2.49. The molecule has 3 heteroatoms. The minimum Gasteiger partial charge on any atom is -0.489 e. The van der Waals surface area contributed by atoms with Crippen LogP contribution in [0.15, 0.2) is 54.6 Å². The van der Waals surface area contributed by atoms with Crippen LogP contribution >= 0.6 is 12.8 Å². The molecule has 0 aromatic heterocycles. The van der Waals surface area contributed by atoms with Gasteiger partial charge in [0.25, 0.3) is 0 Å². The van der Waals surface area contributed by atoms with E-state index in [2.05, 4.69) is 17.5 Å². The Morgan fingerprint density at radius 2 is 1.62 bits per heavy atom. The number of ether oxygens (including phenoxy) is 1. The molecule has 0 aliphatic heterocycles. The SMILES string of the molecule is SNc1ccc(OCc2ccccc2)cc1. The van der Waals surface area contributed by atoms with E-state index in [-0.39, 0.29) is 0 Å². The molecule has 0 aliphatic rings. The lowest BCUT2D eigenvalue weighted by molar-refractivity contribution is 0.306. The molecule has 0 bridgehead atoms. The van der Waals surface area contributed by atoms with Crippen LogP contribution < -0.4 is 9.46 Å². The quantitative estimate of drug-likeness (QED) is 0.786. The van der Waals surface area contributed by atoms with Gasteiger partial charge in [0, 0.05) is 5.69 Å². The van der Waals surface area contributed by atoms with Gasteiger partial charge in [-0.2, -0.15) is 0 Å². The molecule has 0 heterocycles. The summed E-state index contributed by atoms with van der Waals surface area (Å²) in [7, 11) is 0. The minimum atomic E-state index is 0.592. The molecule has 2 aromatic carbocycles. The van der Waals surface area contributed by atoms with Crippen LogP contribution in [-0.4, -0.2) is 0 Å². The fraction of sp³-hybridized carbons (Fsp3) is 0.0769. The van der Waals surface area contributed by atoms with E-state index < -0.39 is 0 Å². The Hall–Kier alpha value is -1.61. The van der Waals surface area contributed by atoms with Gasteiger partial charge in [-0.15, -0.1) is 0 Å². The van der Waals surface area contributed by atoms with Crippen molar-refractivity contribution in [2.75, 3.05) is 4.72 Å². The molecule has 0 amide bonds. The Labute approximate surface area is 101 Å². The normalized spacial score (nSPS) is 9.81. The maximum Gasteiger partial charge on any atom is 0.119 e. The van der Waals surface area contributed by atoms with Gasteiger partial charge in [-0.1, -0.05) is 43.1 Å². The molecule has 2 rings (SSSR count). The van der Waals surface area contributed by atoms with E-state index in [1.165, 1.54) is 5.56 Å². The Morgan fingerprint density at radius 1 is 0.938 bits per heavy atom. The van der Waals surface area contributed by atoms with Crippen LogP contribution in [0.1, 0.15) is 5.56 Å². The fourth-order valence-corrected chi connectivity index (χ4v) is 1.52. The smallest absolute Gasteiger partial charge is 0.119 e. The number of hydrogen-bond acceptors (Lipinski definition) is 3. The first-order chi connectivity index (χ1) is 7.88. The Balaban J connectivity index is 1.94. The van der Waals surface area contributed by atoms with Gasteiger partial charge >= 0.3 is 0 Å². The average Bonchev–Trinajstić information content (AvgIpc) is 2.38. The summed E-state index contributed by atoms with van der Waals surface area (Å²) in [6.45, 7) is 0.592. The molecule has 0 fully saturated rings. The van der Waals surface area contributed by atoms with Crippen LogP contribution in [0.3, 0.4) is 0 Å². The molecule has 0 aliphatic carbocycles. The summed E-state index contributed by atoms with van der Waals surface area (Å²) < 4.78 is 8.41. The van der Waals surface area contributed by atoms with Crippen molar-refractivity contribution >= 4 is 18.5 Å². The second kappa shape index (κ2) is 5.47. The van der Waals surface area contributed by atoms with E-state index in [9.17, 15) is 0 Å². The van der Waals surface area contributed by atoms with Gasteiger partial charge in [0.15, 0.2) is 0 Å². The predicted octanol–water partition coefficient (Wildman–Crippen LogP) is 3.52. The molecule has 0 atom stereocenters. The zero-order valence-electron chi connectivity index (χ0n) is 8.76. The van der Waals surface area contributed by atoms with E-state index in [4.69, 9.17) is 4.74 Å². The maximum atomic E-state index is 5.64. The molecule has 0 spiro atoms.